The lowest BCUT2D eigenvalue weighted by Gasteiger charge is -2.42. The maximum Gasteiger partial charge on any atom is 0.407 e. The van der Waals surface area contributed by atoms with Crippen LogP contribution in [0.15, 0.2) is 29.2 Å². The minimum absolute atomic E-state index is 0.0576. The Kier molecular flexibility index (Phi) is 6.65. The van der Waals surface area contributed by atoms with Crippen LogP contribution in [0.5, 0.6) is 0 Å². The molecule has 0 spiro atoms. The van der Waals surface area contributed by atoms with E-state index >= 15 is 0 Å². The van der Waals surface area contributed by atoms with Crippen molar-refractivity contribution >= 4 is 21.8 Å². The largest absolute Gasteiger partial charge is 0.465 e. The molecule has 1 N–H and O–H groups in total. The number of benzene rings is 1. The molecule has 0 aliphatic carbocycles. The standard InChI is InChI=1S/C26H33N5O6S/c32-25(28-11-13-37-14-12-28)23-21-17-38(35,36)22-8-2-1-7-20(22)24(21)31(27-23)19-6-4-9-29(16-19)18-5-3-10-30(15-18)26(33)34/h1-2,7-8,18-19H,3-6,9-17H2,(H,33,34). The number of hydrogen-bond acceptors (Lipinski definition) is 7. The molecule has 2 atom stereocenters. The van der Waals surface area contributed by atoms with Gasteiger partial charge in [0.1, 0.15) is 0 Å². The van der Waals surface area contributed by atoms with Gasteiger partial charge in [-0.05, 0) is 38.3 Å². The van der Waals surface area contributed by atoms with Gasteiger partial charge in [-0.25, -0.2) is 13.2 Å². The minimum atomic E-state index is -3.62. The van der Waals surface area contributed by atoms with Gasteiger partial charge in [0, 0.05) is 49.9 Å². The first-order valence-corrected chi connectivity index (χ1v) is 15.0. The summed E-state index contributed by atoms with van der Waals surface area (Å²) in [4.78, 5) is 31.0. The number of carbonyl (C=O) groups excluding carboxylic acids is 1. The second kappa shape index (κ2) is 9.97. The van der Waals surface area contributed by atoms with E-state index in [0.29, 0.717) is 57.1 Å². The Morgan fingerprint density at radius 2 is 1.68 bits per heavy atom. The molecule has 204 valence electrons. The minimum Gasteiger partial charge on any atom is -0.465 e. The summed E-state index contributed by atoms with van der Waals surface area (Å²) in [6, 6.07) is 7.05. The molecule has 3 saturated heterocycles. The fourth-order valence-electron chi connectivity index (χ4n) is 6.39. The Morgan fingerprint density at radius 1 is 0.947 bits per heavy atom. The molecule has 3 fully saturated rings. The van der Waals surface area contributed by atoms with Crippen LogP contribution in [0.4, 0.5) is 4.79 Å². The first-order chi connectivity index (χ1) is 18.3. The highest BCUT2D eigenvalue weighted by atomic mass is 32.2. The van der Waals surface area contributed by atoms with Gasteiger partial charge in [-0.1, -0.05) is 18.2 Å². The summed E-state index contributed by atoms with van der Waals surface area (Å²) in [6.45, 7) is 4.39. The maximum absolute atomic E-state index is 13.6. The SMILES string of the molecule is O=C(O)N1CCCC(N2CCCC(n3nc(C(=O)N4CCOCC4)c4c3-c3ccccc3S(=O)(=O)C4)C2)C1. The van der Waals surface area contributed by atoms with Gasteiger partial charge in [-0.3, -0.25) is 14.4 Å². The van der Waals surface area contributed by atoms with Crippen LogP contribution in [0.2, 0.25) is 0 Å². The molecule has 4 aliphatic heterocycles. The van der Waals surface area contributed by atoms with Gasteiger partial charge in [0.25, 0.3) is 5.91 Å². The molecule has 4 aliphatic rings. The molecule has 2 unspecified atom stereocenters. The van der Waals surface area contributed by atoms with Crippen LogP contribution in [-0.2, 0) is 20.3 Å². The second-order valence-electron chi connectivity index (χ2n) is 10.6. The Bertz CT molecular complexity index is 1350. The average Bonchev–Trinajstić information content (AvgIpc) is 3.32. The van der Waals surface area contributed by atoms with Crippen LogP contribution in [0.1, 0.15) is 47.8 Å². The third-order valence-electron chi connectivity index (χ3n) is 8.28. The molecule has 12 heteroatoms. The summed E-state index contributed by atoms with van der Waals surface area (Å²) in [5, 5.41) is 14.4. The molecule has 38 heavy (non-hydrogen) atoms. The molecule has 11 nitrogen and oxygen atoms in total. The van der Waals surface area contributed by atoms with Crippen molar-refractivity contribution < 1.29 is 27.9 Å². The van der Waals surface area contributed by atoms with E-state index < -0.39 is 15.9 Å². The average molecular weight is 544 g/mol. The quantitative estimate of drug-likeness (QED) is 0.624. The molecule has 0 bridgehead atoms. The molecule has 2 amide bonds. The van der Waals surface area contributed by atoms with Gasteiger partial charge < -0.3 is 19.6 Å². The molecular formula is C26H33N5O6S. The number of fused-ring (bicyclic) bond motifs is 3. The van der Waals surface area contributed by atoms with Crippen LogP contribution in [-0.4, -0.2) is 109 Å². The number of carboxylic acid groups (broad SMARTS) is 1. The number of sulfone groups is 1. The first-order valence-electron chi connectivity index (χ1n) is 13.4. The number of likely N-dealkylation sites (tertiary alicyclic amines) is 2. The number of ether oxygens (including phenoxy) is 1. The predicted octanol–water partition coefficient (Wildman–Crippen LogP) is 2.09. The van der Waals surface area contributed by atoms with Crippen molar-refractivity contribution in [1.29, 1.82) is 0 Å². The van der Waals surface area contributed by atoms with E-state index in [1.165, 1.54) is 4.90 Å². The lowest BCUT2D eigenvalue weighted by atomic mass is 9.98. The molecule has 0 radical (unpaired) electrons. The maximum atomic E-state index is 13.6. The topological polar surface area (TPSA) is 125 Å². The number of piperidine rings is 2. The number of hydrogen-bond donors (Lipinski definition) is 1. The van der Waals surface area contributed by atoms with Crippen LogP contribution < -0.4 is 0 Å². The van der Waals surface area contributed by atoms with Crippen LogP contribution in [0.3, 0.4) is 0 Å². The Morgan fingerprint density at radius 3 is 2.47 bits per heavy atom. The predicted molar refractivity (Wildman–Crippen MR) is 138 cm³/mol. The number of carbonyl (C=O) groups is 2. The van der Waals surface area contributed by atoms with Gasteiger partial charge >= 0.3 is 6.09 Å². The monoisotopic (exact) mass is 543 g/mol. The smallest absolute Gasteiger partial charge is 0.407 e. The second-order valence-corrected chi connectivity index (χ2v) is 12.6. The summed E-state index contributed by atoms with van der Waals surface area (Å²) in [6.07, 6.45) is 2.65. The summed E-state index contributed by atoms with van der Waals surface area (Å²) in [5.41, 5.74) is 2.00. The highest BCUT2D eigenvalue weighted by Crippen LogP contribution is 2.42. The van der Waals surface area contributed by atoms with Crippen molar-refractivity contribution in [2.45, 2.75) is 48.4 Å². The van der Waals surface area contributed by atoms with E-state index in [2.05, 4.69) is 4.90 Å². The van der Waals surface area contributed by atoms with Gasteiger partial charge in [-0.2, -0.15) is 5.10 Å². The lowest BCUT2D eigenvalue weighted by molar-refractivity contribution is 0.0297. The van der Waals surface area contributed by atoms with E-state index in [1.807, 2.05) is 10.7 Å². The number of morpholine rings is 1. The van der Waals surface area contributed by atoms with Crippen LogP contribution in [0.25, 0.3) is 11.3 Å². The van der Waals surface area contributed by atoms with Crippen molar-refractivity contribution in [1.82, 2.24) is 24.5 Å². The van der Waals surface area contributed by atoms with E-state index in [0.717, 1.165) is 37.9 Å². The number of rotatable bonds is 3. The zero-order chi connectivity index (χ0) is 26.4. The van der Waals surface area contributed by atoms with E-state index in [9.17, 15) is 23.1 Å². The van der Waals surface area contributed by atoms with E-state index in [4.69, 9.17) is 9.84 Å². The molecule has 1 aromatic carbocycles. The lowest BCUT2D eigenvalue weighted by Crippen LogP contribution is -2.52. The van der Waals surface area contributed by atoms with Crippen molar-refractivity contribution in [3.63, 3.8) is 0 Å². The van der Waals surface area contributed by atoms with Crippen molar-refractivity contribution in [2.75, 3.05) is 52.5 Å². The van der Waals surface area contributed by atoms with Crippen molar-refractivity contribution in [3.05, 3.63) is 35.5 Å². The highest BCUT2D eigenvalue weighted by Gasteiger charge is 2.40. The Balaban J connectivity index is 1.39. The van der Waals surface area contributed by atoms with E-state index in [-0.39, 0.29) is 34.3 Å². The fourth-order valence-corrected chi connectivity index (χ4v) is 7.98. The normalized spacial score (nSPS) is 25.5. The molecule has 2 aromatic rings. The Labute approximate surface area is 221 Å². The van der Waals surface area contributed by atoms with Gasteiger partial charge in [0.2, 0.25) is 0 Å². The molecule has 1 aromatic heterocycles. The van der Waals surface area contributed by atoms with Crippen LogP contribution in [0, 0.1) is 0 Å². The molecule has 0 saturated carbocycles. The molecule has 6 rings (SSSR count). The van der Waals surface area contributed by atoms with Gasteiger partial charge in [0.15, 0.2) is 15.5 Å². The third kappa shape index (κ3) is 4.48. The third-order valence-corrected chi connectivity index (χ3v) is 9.97. The van der Waals surface area contributed by atoms with Gasteiger partial charge in [-0.15, -0.1) is 0 Å². The first kappa shape index (κ1) is 25.3. The summed E-state index contributed by atoms with van der Waals surface area (Å²) in [7, 11) is -3.62. The van der Waals surface area contributed by atoms with Crippen molar-refractivity contribution in [3.8, 4) is 11.3 Å². The summed E-state index contributed by atoms with van der Waals surface area (Å²) in [5.74, 6) is -0.507. The zero-order valence-corrected chi connectivity index (χ0v) is 22.1. The number of nitrogens with zero attached hydrogens (tertiary/aromatic N) is 5. The fraction of sp³-hybridized carbons (Fsp3) is 0.577. The van der Waals surface area contributed by atoms with Gasteiger partial charge in [0.05, 0.1) is 35.6 Å². The number of amides is 2. The Hall–Kier alpha value is -2.96. The molecular weight excluding hydrogens is 510 g/mol. The summed E-state index contributed by atoms with van der Waals surface area (Å²) >= 11 is 0. The highest BCUT2D eigenvalue weighted by molar-refractivity contribution is 7.90. The van der Waals surface area contributed by atoms with Crippen LogP contribution >= 0.6 is 0 Å². The van der Waals surface area contributed by atoms with Crippen molar-refractivity contribution in [2.24, 2.45) is 0 Å². The van der Waals surface area contributed by atoms with E-state index in [1.54, 1.807) is 23.1 Å². The zero-order valence-electron chi connectivity index (χ0n) is 21.3. The molecule has 5 heterocycles. The summed E-state index contributed by atoms with van der Waals surface area (Å²) < 4.78 is 33.9. The number of aromatic nitrogens is 2.